The van der Waals surface area contributed by atoms with Gasteiger partial charge in [-0.1, -0.05) is 11.8 Å². The molecule has 0 bridgehead atoms. The summed E-state index contributed by atoms with van der Waals surface area (Å²) in [5, 5.41) is 10.3. The number of aromatic nitrogens is 3. The highest BCUT2D eigenvalue weighted by Crippen LogP contribution is 2.27. The van der Waals surface area contributed by atoms with Crippen LogP contribution in [-0.4, -0.2) is 39.1 Å². The fourth-order valence-corrected chi connectivity index (χ4v) is 2.55. The molecule has 0 aliphatic heterocycles. The third-order valence-corrected chi connectivity index (χ3v) is 4.13. The number of rotatable bonds is 4. The van der Waals surface area contributed by atoms with Crippen molar-refractivity contribution < 1.29 is 18.7 Å². The number of carbonyl (C=O) groups excluding carboxylic acids is 2. The zero-order valence-corrected chi connectivity index (χ0v) is 13.4. The van der Waals surface area contributed by atoms with E-state index >= 15 is 0 Å². The van der Waals surface area contributed by atoms with Crippen LogP contribution in [0.15, 0.2) is 21.9 Å². The Kier molecular flexibility index (Phi) is 4.86. The molecule has 0 saturated heterocycles. The number of hydrogen-bond acceptors (Lipinski definition) is 7. The number of nitrogens with zero attached hydrogens (tertiary/aromatic N) is 3. The first kappa shape index (κ1) is 16.1. The Morgan fingerprint density at radius 1 is 1.45 bits per heavy atom. The van der Waals surface area contributed by atoms with Crippen LogP contribution < -0.4 is 5.32 Å². The highest BCUT2D eigenvalue weighted by Gasteiger charge is 2.21. The van der Waals surface area contributed by atoms with E-state index in [0.29, 0.717) is 11.0 Å². The Morgan fingerprint density at radius 2 is 2.18 bits per heavy atom. The van der Waals surface area contributed by atoms with E-state index < -0.39 is 17.3 Å². The highest BCUT2D eigenvalue weighted by atomic mass is 32.2. The maximum atomic E-state index is 11.8. The van der Waals surface area contributed by atoms with Crippen LogP contribution in [0.4, 0.5) is 4.79 Å². The fourth-order valence-electron chi connectivity index (χ4n) is 1.73. The highest BCUT2D eigenvalue weighted by molar-refractivity contribution is 8.00. The molecule has 2 heterocycles. The van der Waals surface area contributed by atoms with E-state index in [4.69, 9.17) is 4.42 Å². The van der Waals surface area contributed by atoms with E-state index in [0.717, 1.165) is 11.3 Å². The molecule has 22 heavy (non-hydrogen) atoms. The van der Waals surface area contributed by atoms with Gasteiger partial charge in [-0.15, -0.1) is 10.2 Å². The zero-order chi connectivity index (χ0) is 16.3. The summed E-state index contributed by atoms with van der Waals surface area (Å²) < 4.78 is 11.4. The molecule has 0 aliphatic carbocycles. The largest absolute Gasteiger partial charge is 0.469 e. The van der Waals surface area contributed by atoms with Crippen LogP contribution in [0.2, 0.25) is 0 Å². The molecule has 0 radical (unpaired) electrons. The van der Waals surface area contributed by atoms with Crippen molar-refractivity contribution in [2.75, 3.05) is 7.11 Å². The van der Waals surface area contributed by atoms with Gasteiger partial charge in [-0.05, 0) is 19.9 Å². The normalized spacial score (nSPS) is 12.0. The molecule has 0 fully saturated rings. The number of nitrogens with one attached hydrogen (secondary N) is 1. The van der Waals surface area contributed by atoms with Crippen LogP contribution in [0.5, 0.6) is 0 Å². The van der Waals surface area contributed by atoms with E-state index in [9.17, 15) is 9.59 Å². The van der Waals surface area contributed by atoms with E-state index in [2.05, 4.69) is 20.3 Å². The van der Waals surface area contributed by atoms with E-state index in [1.165, 1.54) is 18.9 Å². The Morgan fingerprint density at radius 3 is 2.77 bits per heavy atom. The second kappa shape index (κ2) is 6.65. The Labute approximate surface area is 131 Å². The molecule has 0 saturated carbocycles. The van der Waals surface area contributed by atoms with Gasteiger partial charge in [0.25, 0.3) is 0 Å². The topological polar surface area (TPSA) is 99.2 Å². The Balaban J connectivity index is 2.11. The van der Waals surface area contributed by atoms with Crippen LogP contribution in [0.25, 0.3) is 11.4 Å². The number of alkyl carbamates (subject to hydrolysis) is 1. The molecule has 2 aromatic heterocycles. The molecule has 0 aromatic carbocycles. The third kappa shape index (κ3) is 3.30. The van der Waals surface area contributed by atoms with Crippen LogP contribution in [-0.2, 0) is 16.6 Å². The van der Waals surface area contributed by atoms with E-state index in [-0.39, 0.29) is 0 Å². The van der Waals surface area contributed by atoms with Gasteiger partial charge in [0.1, 0.15) is 5.76 Å². The number of aryl methyl sites for hydroxylation is 1. The summed E-state index contributed by atoms with van der Waals surface area (Å²) in [6.45, 7) is 3.50. The lowest BCUT2D eigenvalue weighted by Crippen LogP contribution is -2.35. The lowest BCUT2D eigenvalue weighted by molar-refractivity contribution is -0.119. The predicted molar refractivity (Wildman–Crippen MR) is 79.3 cm³/mol. The molecule has 118 valence electrons. The minimum Gasteiger partial charge on any atom is -0.469 e. The van der Waals surface area contributed by atoms with Gasteiger partial charge in [-0.25, -0.2) is 4.79 Å². The van der Waals surface area contributed by atoms with Gasteiger partial charge < -0.3 is 13.7 Å². The van der Waals surface area contributed by atoms with Gasteiger partial charge in [0.2, 0.25) is 5.91 Å². The molecule has 0 aliphatic rings. The molecule has 1 N–H and O–H groups in total. The van der Waals surface area contributed by atoms with Gasteiger partial charge in [-0.3, -0.25) is 10.1 Å². The summed E-state index contributed by atoms with van der Waals surface area (Å²) in [7, 11) is 3.00. The number of methoxy groups -OCH3 is 1. The van der Waals surface area contributed by atoms with Gasteiger partial charge in [0.05, 0.1) is 24.2 Å². The van der Waals surface area contributed by atoms with Crippen LogP contribution in [0.3, 0.4) is 0 Å². The number of amides is 2. The van der Waals surface area contributed by atoms with Crippen LogP contribution >= 0.6 is 11.8 Å². The molecule has 8 nitrogen and oxygen atoms in total. The maximum absolute atomic E-state index is 11.8. The molecular formula is C13H16N4O4S. The maximum Gasteiger partial charge on any atom is 0.413 e. The van der Waals surface area contributed by atoms with Crippen molar-refractivity contribution in [3.8, 4) is 11.4 Å². The molecule has 2 amide bonds. The van der Waals surface area contributed by atoms with Crippen molar-refractivity contribution >= 4 is 23.8 Å². The van der Waals surface area contributed by atoms with Crippen LogP contribution in [0.1, 0.15) is 12.7 Å². The fraction of sp³-hybridized carbons (Fsp3) is 0.385. The first-order valence-corrected chi connectivity index (χ1v) is 7.31. The number of imide groups is 1. The first-order chi connectivity index (χ1) is 10.4. The average Bonchev–Trinajstić information content (AvgIpc) is 3.05. The number of furan rings is 1. The minimum absolute atomic E-state index is 0.458. The van der Waals surface area contributed by atoms with Crippen molar-refractivity contribution in [1.82, 2.24) is 20.1 Å². The lowest BCUT2D eigenvalue weighted by Gasteiger charge is -2.10. The predicted octanol–water partition coefficient (Wildman–Crippen LogP) is 1.75. The molecule has 0 unspecified atom stereocenters. The molecule has 9 heteroatoms. The zero-order valence-electron chi connectivity index (χ0n) is 12.6. The van der Waals surface area contributed by atoms with Crippen LogP contribution in [0, 0.1) is 6.92 Å². The summed E-state index contributed by atoms with van der Waals surface area (Å²) in [5.41, 5.74) is 0.841. The number of hydrogen-bond donors (Lipinski definition) is 1. The second-order valence-electron chi connectivity index (χ2n) is 4.50. The van der Waals surface area contributed by atoms with Gasteiger partial charge in [-0.2, -0.15) is 0 Å². The van der Waals surface area contributed by atoms with Crippen molar-refractivity contribution in [3.05, 3.63) is 18.1 Å². The SMILES string of the molecule is COC(=O)NC(=O)[C@H](C)Sc1nnc(-c2ccoc2C)n1C. The summed E-state index contributed by atoms with van der Waals surface area (Å²) in [6.07, 6.45) is 0.795. The van der Waals surface area contributed by atoms with Gasteiger partial charge >= 0.3 is 6.09 Å². The molecule has 2 aromatic rings. The first-order valence-electron chi connectivity index (χ1n) is 6.43. The average molecular weight is 324 g/mol. The Hall–Kier alpha value is -2.29. The molecule has 0 spiro atoms. The van der Waals surface area contributed by atoms with Gasteiger partial charge in [0.15, 0.2) is 11.0 Å². The van der Waals surface area contributed by atoms with Crippen molar-refractivity contribution in [1.29, 1.82) is 0 Å². The standard InChI is InChI=1S/C13H16N4O4S/c1-7-9(5-6-21-7)10-15-16-12(17(10)3)22-8(2)11(18)14-13(19)20-4/h5-6,8H,1-4H3,(H,14,18,19)/t8-/m0/s1. The Bertz CT molecular complexity index is 694. The van der Waals surface area contributed by atoms with Crippen molar-refractivity contribution in [2.24, 2.45) is 7.05 Å². The van der Waals surface area contributed by atoms with Crippen molar-refractivity contribution in [3.63, 3.8) is 0 Å². The molecular weight excluding hydrogens is 308 g/mol. The smallest absolute Gasteiger partial charge is 0.413 e. The summed E-state index contributed by atoms with van der Waals surface area (Å²) in [6, 6.07) is 1.81. The lowest BCUT2D eigenvalue weighted by atomic mass is 10.2. The number of ether oxygens (including phenoxy) is 1. The summed E-state index contributed by atoms with van der Waals surface area (Å²) >= 11 is 1.19. The molecule has 1 atom stereocenters. The minimum atomic E-state index is -0.787. The van der Waals surface area contributed by atoms with Crippen molar-refractivity contribution in [2.45, 2.75) is 24.3 Å². The number of carbonyl (C=O) groups is 2. The summed E-state index contributed by atoms with van der Waals surface area (Å²) in [4.78, 5) is 22.8. The third-order valence-electron chi connectivity index (χ3n) is 3.00. The van der Waals surface area contributed by atoms with E-state index in [1.54, 1.807) is 30.9 Å². The van der Waals surface area contributed by atoms with Gasteiger partial charge in [0, 0.05) is 7.05 Å². The quantitative estimate of drug-likeness (QED) is 0.855. The number of thioether (sulfide) groups is 1. The monoisotopic (exact) mass is 324 g/mol. The molecule has 2 rings (SSSR count). The second-order valence-corrected chi connectivity index (χ2v) is 5.80. The summed E-state index contributed by atoms with van der Waals surface area (Å²) in [5.74, 6) is 0.929. The van der Waals surface area contributed by atoms with E-state index in [1.807, 2.05) is 6.92 Å².